The quantitative estimate of drug-likeness (QED) is 0.249. The SMILES string of the molecule is CN=C(NCc1cc(C)cc2c(C)c(C)[nH]c12)NCC(O)c1cnn(C)c1.I. The summed E-state index contributed by atoms with van der Waals surface area (Å²) in [5.74, 6) is 0.646. The van der Waals surface area contributed by atoms with Crippen LogP contribution in [0.4, 0.5) is 0 Å². The molecule has 0 saturated heterocycles. The molecule has 1 atom stereocenters. The lowest BCUT2D eigenvalue weighted by molar-refractivity contribution is 0.180. The average Bonchev–Trinajstić information content (AvgIpc) is 3.19. The number of aliphatic imine (C=N–C) groups is 1. The number of nitrogens with zero attached hydrogens (tertiary/aromatic N) is 3. The van der Waals surface area contributed by atoms with Crippen molar-refractivity contribution in [2.24, 2.45) is 12.0 Å². The van der Waals surface area contributed by atoms with Gasteiger partial charge in [-0.2, -0.15) is 5.10 Å². The van der Waals surface area contributed by atoms with E-state index in [1.54, 1.807) is 17.9 Å². The Bertz CT molecular complexity index is 975. The number of H-pyrrole nitrogens is 1. The Balaban J connectivity index is 0.00000280. The molecular weight excluding hydrogens is 467 g/mol. The first-order chi connectivity index (χ1) is 12.9. The molecule has 152 valence electrons. The minimum absolute atomic E-state index is 0. The number of hydrogen-bond donors (Lipinski definition) is 4. The van der Waals surface area contributed by atoms with Crippen LogP contribution in [0.5, 0.6) is 0 Å². The van der Waals surface area contributed by atoms with Crippen LogP contribution in [0.25, 0.3) is 10.9 Å². The minimum atomic E-state index is -0.642. The molecule has 1 unspecified atom stereocenters. The number of nitrogens with one attached hydrogen (secondary N) is 3. The fourth-order valence-electron chi connectivity index (χ4n) is 3.25. The zero-order valence-electron chi connectivity index (χ0n) is 17.0. The standard InChI is InChI=1S/C20H28N6O.HI/c1-12-6-15(19-17(7-12)13(2)14(3)25-19)8-22-20(21-4)23-10-18(27)16-9-24-26(5)11-16;/h6-7,9,11,18,25,27H,8,10H2,1-5H3,(H2,21,22,23);1H. The van der Waals surface area contributed by atoms with Crippen LogP contribution < -0.4 is 10.6 Å². The molecule has 2 aromatic heterocycles. The molecule has 3 aromatic rings. The summed E-state index contributed by atoms with van der Waals surface area (Å²) < 4.78 is 1.68. The third-order valence-corrected chi connectivity index (χ3v) is 4.89. The monoisotopic (exact) mass is 496 g/mol. The summed E-state index contributed by atoms with van der Waals surface area (Å²) in [6.45, 7) is 7.35. The van der Waals surface area contributed by atoms with Crippen LogP contribution in [0.3, 0.4) is 0 Å². The zero-order valence-corrected chi connectivity index (χ0v) is 19.3. The summed E-state index contributed by atoms with van der Waals surface area (Å²) in [7, 11) is 3.55. The second kappa shape index (κ2) is 9.42. The maximum atomic E-state index is 10.3. The first-order valence-corrected chi connectivity index (χ1v) is 9.08. The number of fused-ring (bicyclic) bond motifs is 1. The van der Waals surface area contributed by atoms with Gasteiger partial charge in [-0.1, -0.05) is 11.6 Å². The second-order valence-electron chi connectivity index (χ2n) is 6.99. The topological polar surface area (TPSA) is 90.3 Å². The zero-order chi connectivity index (χ0) is 19.6. The van der Waals surface area contributed by atoms with Gasteiger partial charge in [-0.3, -0.25) is 9.67 Å². The summed E-state index contributed by atoms with van der Waals surface area (Å²) in [4.78, 5) is 7.74. The molecule has 2 heterocycles. The van der Waals surface area contributed by atoms with Crippen molar-refractivity contribution in [3.05, 3.63) is 52.5 Å². The van der Waals surface area contributed by atoms with Gasteiger partial charge >= 0.3 is 0 Å². The molecule has 8 heteroatoms. The normalized spacial score (nSPS) is 12.7. The number of aliphatic hydroxyl groups is 1. The van der Waals surface area contributed by atoms with Gasteiger partial charge < -0.3 is 20.7 Å². The lowest BCUT2D eigenvalue weighted by Crippen LogP contribution is -2.39. The number of rotatable bonds is 5. The van der Waals surface area contributed by atoms with Crippen molar-refractivity contribution < 1.29 is 5.11 Å². The Morgan fingerprint density at radius 1 is 1.29 bits per heavy atom. The first kappa shape index (κ1) is 22.2. The molecule has 0 radical (unpaired) electrons. The van der Waals surface area contributed by atoms with Gasteiger partial charge in [0.15, 0.2) is 5.96 Å². The predicted octanol–water partition coefficient (Wildman–Crippen LogP) is 2.84. The molecule has 4 N–H and O–H groups in total. The highest BCUT2D eigenvalue weighted by atomic mass is 127. The van der Waals surface area contributed by atoms with Crippen molar-refractivity contribution in [2.45, 2.75) is 33.4 Å². The fourth-order valence-corrected chi connectivity index (χ4v) is 3.25. The molecule has 0 saturated carbocycles. The highest BCUT2D eigenvalue weighted by Gasteiger charge is 2.12. The highest BCUT2D eigenvalue weighted by Crippen LogP contribution is 2.26. The number of aliphatic hydroxyl groups excluding tert-OH is 1. The molecule has 0 amide bonds. The van der Waals surface area contributed by atoms with Crippen molar-refractivity contribution in [3.8, 4) is 0 Å². The van der Waals surface area contributed by atoms with E-state index in [2.05, 4.69) is 58.6 Å². The van der Waals surface area contributed by atoms with E-state index in [0.717, 1.165) is 11.1 Å². The summed E-state index contributed by atoms with van der Waals surface area (Å²) in [5, 5.41) is 22.1. The van der Waals surface area contributed by atoms with E-state index < -0.39 is 6.10 Å². The van der Waals surface area contributed by atoms with Gasteiger partial charge in [0.25, 0.3) is 0 Å². The minimum Gasteiger partial charge on any atom is -0.386 e. The molecule has 0 aliphatic heterocycles. The summed E-state index contributed by atoms with van der Waals surface area (Å²) >= 11 is 0. The van der Waals surface area contributed by atoms with Crippen molar-refractivity contribution in [1.29, 1.82) is 0 Å². The van der Waals surface area contributed by atoms with Crippen molar-refractivity contribution in [2.75, 3.05) is 13.6 Å². The lowest BCUT2D eigenvalue weighted by atomic mass is 10.0. The molecule has 0 aliphatic rings. The maximum Gasteiger partial charge on any atom is 0.191 e. The van der Waals surface area contributed by atoms with Crippen LogP contribution in [0, 0.1) is 20.8 Å². The third kappa shape index (κ3) is 4.85. The fraction of sp³-hybridized carbons (Fsp3) is 0.400. The maximum absolute atomic E-state index is 10.3. The number of aromatic amines is 1. The van der Waals surface area contributed by atoms with E-state index in [-0.39, 0.29) is 24.0 Å². The van der Waals surface area contributed by atoms with Crippen LogP contribution in [-0.4, -0.2) is 39.4 Å². The van der Waals surface area contributed by atoms with E-state index in [1.807, 2.05) is 13.2 Å². The number of benzene rings is 1. The Morgan fingerprint density at radius 2 is 2.04 bits per heavy atom. The van der Waals surface area contributed by atoms with Gasteiger partial charge in [0.1, 0.15) is 0 Å². The molecular formula is C20H29IN6O. The number of guanidine groups is 1. The van der Waals surface area contributed by atoms with E-state index >= 15 is 0 Å². The van der Waals surface area contributed by atoms with Gasteiger partial charge in [0.2, 0.25) is 0 Å². The van der Waals surface area contributed by atoms with Crippen LogP contribution in [-0.2, 0) is 13.6 Å². The Morgan fingerprint density at radius 3 is 2.68 bits per heavy atom. The molecule has 28 heavy (non-hydrogen) atoms. The van der Waals surface area contributed by atoms with Crippen LogP contribution >= 0.6 is 24.0 Å². The number of aryl methyl sites for hydroxylation is 4. The summed E-state index contributed by atoms with van der Waals surface area (Å²) in [6.07, 6.45) is 2.83. The molecule has 0 aliphatic carbocycles. The van der Waals surface area contributed by atoms with Gasteiger partial charge in [-0.15, -0.1) is 24.0 Å². The largest absolute Gasteiger partial charge is 0.386 e. The van der Waals surface area contributed by atoms with E-state index in [4.69, 9.17) is 0 Å². The molecule has 7 nitrogen and oxygen atoms in total. The van der Waals surface area contributed by atoms with Crippen molar-refractivity contribution >= 4 is 40.8 Å². The third-order valence-electron chi connectivity index (χ3n) is 4.89. The number of hydrogen-bond acceptors (Lipinski definition) is 3. The molecule has 0 spiro atoms. The van der Waals surface area contributed by atoms with Crippen LogP contribution in [0.15, 0.2) is 29.5 Å². The van der Waals surface area contributed by atoms with Gasteiger partial charge in [-0.25, -0.2) is 0 Å². The smallest absolute Gasteiger partial charge is 0.191 e. The van der Waals surface area contributed by atoms with E-state index in [9.17, 15) is 5.11 Å². The molecule has 0 fully saturated rings. The number of aromatic nitrogens is 3. The average molecular weight is 496 g/mol. The highest BCUT2D eigenvalue weighted by molar-refractivity contribution is 14.0. The van der Waals surface area contributed by atoms with E-state index in [1.165, 1.54) is 27.8 Å². The van der Waals surface area contributed by atoms with E-state index in [0.29, 0.717) is 19.0 Å². The molecule has 3 rings (SSSR count). The number of halogens is 1. The molecule has 0 bridgehead atoms. The Hall–Kier alpha value is -2.07. The predicted molar refractivity (Wildman–Crippen MR) is 124 cm³/mol. The summed E-state index contributed by atoms with van der Waals surface area (Å²) in [6, 6.07) is 4.40. The molecule has 1 aromatic carbocycles. The Labute approximate surface area is 182 Å². The van der Waals surface area contributed by atoms with Crippen LogP contribution in [0.2, 0.25) is 0 Å². The van der Waals surface area contributed by atoms with Gasteiger partial charge in [0, 0.05) is 50.0 Å². The van der Waals surface area contributed by atoms with Crippen molar-refractivity contribution in [3.63, 3.8) is 0 Å². The van der Waals surface area contributed by atoms with Crippen molar-refractivity contribution in [1.82, 2.24) is 25.4 Å². The second-order valence-corrected chi connectivity index (χ2v) is 6.99. The van der Waals surface area contributed by atoms with Gasteiger partial charge in [-0.05, 0) is 38.0 Å². The lowest BCUT2D eigenvalue weighted by Gasteiger charge is -2.15. The van der Waals surface area contributed by atoms with Gasteiger partial charge in [0.05, 0.1) is 17.8 Å². The summed E-state index contributed by atoms with van der Waals surface area (Å²) in [5.41, 5.74) is 6.84. The first-order valence-electron chi connectivity index (χ1n) is 9.08. The Kier molecular flexibility index (Phi) is 7.48. The van der Waals surface area contributed by atoms with Crippen LogP contribution in [0.1, 0.15) is 34.1 Å².